The number of hydrogen-bond acceptors (Lipinski definition) is 21. The van der Waals surface area contributed by atoms with E-state index in [1.807, 2.05) is 0 Å². The molecule has 3 aromatic rings. The number of ether oxygens (including phenoxy) is 2. The van der Waals surface area contributed by atoms with E-state index >= 15 is 0 Å². The summed E-state index contributed by atoms with van der Waals surface area (Å²) in [6.45, 7) is 6.74. The molecule has 0 spiro atoms. The first-order chi connectivity index (χ1) is 26.1. The number of rotatable bonds is 12. The molecule has 23 nitrogen and oxygen atoms in total. The molecule has 0 radical (unpaired) electrons. The maximum Gasteiger partial charge on any atom is 1.00 e. The number of benzene rings is 3. The van der Waals surface area contributed by atoms with Crippen molar-refractivity contribution in [2.75, 3.05) is 43.5 Å². The van der Waals surface area contributed by atoms with Crippen molar-refractivity contribution in [2.24, 2.45) is 15.3 Å². The van der Waals surface area contributed by atoms with Crippen LogP contribution < -0.4 is 138 Å². The van der Waals surface area contributed by atoms with Crippen molar-refractivity contribution in [2.45, 2.75) is 14.7 Å². The van der Waals surface area contributed by atoms with Gasteiger partial charge in [-0.3, -0.25) is 14.5 Å². The smallest absolute Gasteiger partial charge is 0.744 e. The molecule has 0 atom stereocenters. The number of ketones is 1. The second-order valence-corrected chi connectivity index (χ2v) is 17.6. The molecule has 314 valence electrons. The van der Waals surface area contributed by atoms with Crippen molar-refractivity contribution in [1.82, 2.24) is 0 Å². The van der Waals surface area contributed by atoms with Gasteiger partial charge in [-0.05, 0) is 24.3 Å². The number of methoxy groups -OCH3 is 2. The van der Waals surface area contributed by atoms with Gasteiger partial charge >= 0.3 is 118 Å². The van der Waals surface area contributed by atoms with Crippen molar-refractivity contribution < 1.29 is 197 Å². The third-order valence-corrected chi connectivity index (χ3v) is 10.7. The van der Waals surface area contributed by atoms with Crippen LogP contribution in [0.25, 0.3) is 6.08 Å². The summed E-state index contributed by atoms with van der Waals surface area (Å²) in [5, 5.41) is 15.0. The van der Waals surface area contributed by atoms with Gasteiger partial charge in [-0.15, -0.1) is 0 Å². The van der Waals surface area contributed by atoms with Crippen molar-refractivity contribution in [3.63, 3.8) is 0 Å². The van der Waals surface area contributed by atoms with E-state index in [1.54, 1.807) is 7.05 Å². The predicted octanol–water partition coefficient (Wildman–Crippen LogP) is -10.2. The second-order valence-electron chi connectivity index (χ2n) is 10.3. The van der Waals surface area contributed by atoms with Crippen molar-refractivity contribution >= 4 is 90.9 Å². The van der Waals surface area contributed by atoms with Gasteiger partial charge in [-0.25, -0.2) is 42.1 Å². The number of sulfone groups is 2. The van der Waals surface area contributed by atoms with Crippen LogP contribution in [0.15, 0.2) is 72.5 Å². The van der Waals surface area contributed by atoms with Gasteiger partial charge in [-0.1, -0.05) is 28.7 Å². The number of fused-ring (bicyclic) bond motifs is 1. The Bertz CT molecular complexity index is 2650. The number of nitrogens with zero attached hydrogens (tertiary/aromatic N) is 3. The topological polar surface area (TPSA) is 377 Å². The first kappa shape index (κ1) is 64.4. The fourth-order valence-electron chi connectivity index (χ4n) is 4.30. The van der Waals surface area contributed by atoms with E-state index < -0.39 is 83.4 Å². The minimum atomic E-state index is -5.18. The molecule has 4 rings (SSSR count). The molecule has 0 saturated heterocycles. The first-order valence-corrected chi connectivity index (χ1v) is 22.1. The van der Waals surface area contributed by atoms with Crippen LogP contribution in [-0.4, -0.2) is 109 Å². The van der Waals surface area contributed by atoms with Crippen LogP contribution in [0, 0.1) is 19.9 Å². The van der Waals surface area contributed by atoms with Crippen molar-refractivity contribution in [3.05, 3.63) is 73.5 Å². The minimum absolute atomic E-state index is 0. The number of nitrogens with one attached hydrogen (secondary N) is 2. The molecule has 4 N–H and O–H groups in total. The molecule has 3 aromatic carbocycles. The monoisotopic (exact) mass is 987 g/mol. The maximum atomic E-state index is 13.4. The van der Waals surface area contributed by atoms with Crippen molar-refractivity contribution in [3.8, 4) is 11.5 Å². The van der Waals surface area contributed by atoms with Crippen LogP contribution in [0.1, 0.15) is 15.9 Å². The Kier molecular flexibility index (Phi) is 28.4. The van der Waals surface area contributed by atoms with Crippen LogP contribution in [0.3, 0.4) is 0 Å². The first-order valence-electron chi connectivity index (χ1n) is 14.6. The summed E-state index contributed by atoms with van der Waals surface area (Å²) in [5.41, 5.74) is 3.05. The normalized spacial score (nSPS) is 13.0. The molecule has 1 aliphatic rings. The summed E-state index contributed by atoms with van der Waals surface area (Å²) in [4.78, 5) is 12.0. The molecule has 0 fully saturated rings. The zero-order chi connectivity index (χ0) is 43.7. The molecule has 61 heavy (non-hydrogen) atoms. The second kappa shape index (κ2) is 26.9. The average molecular weight is 988 g/mol. The maximum absolute atomic E-state index is 13.4. The Morgan fingerprint density at radius 1 is 0.721 bits per heavy atom. The van der Waals surface area contributed by atoms with Crippen LogP contribution in [0.5, 0.6) is 11.5 Å². The zero-order valence-corrected chi connectivity index (χ0v) is 45.3. The fraction of sp³-hybridized carbons (Fsp3) is 0.172. The Labute approximate surface area is 440 Å². The molecule has 32 heteroatoms. The number of anilines is 2. The Morgan fingerprint density at radius 2 is 1.25 bits per heavy atom. The van der Waals surface area contributed by atoms with Gasteiger partial charge in [0.1, 0.15) is 37.9 Å². The summed E-state index contributed by atoms with van der Waals surface area (Å²) in [7, 11) is -18.5. The average Bonchev–Trinajstić information content (AvgIpc) is 3.11. The zero-order valence-electron chi connectivity index (χ0n) is 33.3. The van der Waals surface area contributed by atoms with Crippen LogP contribution in [-0.2, 0) is 50.6 Å². The van der Waals surface area contributed by atoms with Gasteiger partial charge in [0.2, 0.25) is 20.8 Å². The standard InChI is InChI=1S/C29H28N5O10S3.4Na.2H2O4S/c1-6-45(36,37)17-8-11-20(26(14-17)47(40,41)42)31-34-28-18-9-13-22(29(35)19(18)10-12-21(28)30-3)32-33-23-15-25(44-5)27(16-24(23)43-4)46(38,39)7-2;;;;;2*1-5(2,3)4/h8-12,14-16,30,33H,1-2,6-7H2,3-5H3,(H,40,41,42);;;;;2*(H2,1,2,3,4)/q-3;4*+1;;/p-3/b32-22+,34-31?;;;;;;. The molecule has 0 aromatic heterocycles. The summed E-state index contributed by atoms with van der Waals surface area (Å²) in [5.74, 6) is -1.49. The van der Waals surface area contributed by atoms with Gasteiger partial charge < -0.3 is 47.1 Å². The van der Waals surface area contributed by atoms with E-state index in [1.165, 1.54) is 44.6 Å². The molecular formula is C29H29N5Na4O18S5-2. The number of carbonyl (C=O) groups excluding carboxylic acids is 1. The molecule has 0 unspecified atom stereocenters. The summed E-state index contributed by atoms with van der Waals surface area (Å²) >= 11 is 0. The largest absolute Gasteiger partial charge is 1.00 e. The van der Waals surface area contributed by atoms with E-state index in [4.69, 9.17) is 44.5 Å². The van der Waals surface area contributed by atoms with Gasteiger partial charge in [-0.2, -0.15) is 27.5 Å². The van der Waals surface area contributed by atoms with E-state index in [0.717, 1.165) is 12.1 Å². The molecule has 0 saturated carbocycles. The minimum Gasteiger partial charge on any atom is -0.744 e. The number of carbonyl (C=O) groups is 1. The quantitative estimate of drug-likeness (QED) is 0.0327. The third kappa shape index (κ3) is 20.0. The Balaban J connectivity index is -0.00000215. The van der Waals surface area contributed by atoms with Crippen molar-refractivity contribution in [1.29, 1.82) is 0 Å². The molecule has 0 bridgehead atoms. The molecule has 0 aliphatic heterocycles. The number of hydrazone groups is 1. The van der Waals surface area contributed by atoms with Crippen LogP contribution in [0.2, 0.25) is 0 Å². The van der Waals surface area contributed by atoms with Gasteiger partial charge in [0.15, 0.2) is 19.7 Å². The van der Waals surface area contributed by atoms with Gasteiger partial charge in [0, 0.05) is 30.6 Å². The number of azo groups is 1. The molecular weight excluding hydrogens is 959 g/mol. The van der Waals surface area contributed by atoms with Crippen LogP contribution in [0.4, 0.5) is 22.7 Å². The van der Waals surface area contributed by atoms with Gasteiger partial charge in [0.25, 0.3) is 0 Å². The SMILES string of the molecule is O=S(=O)([O-])O.O=S(=O)([O-])O.[CH2-]CS(=O)(=O)c1ccc(N=Nc2c(NC)ccc3c2C=[C-]/C(=N\Nc2cc(OC)c(S(=O)(=O)C[CH2-])cc2OC)C3=O)c(S(=O)(=O)[O-])c1.[Na+].[Na+].[Na+].[Na+]. The van der Waals surface area contributed by atoms with E-state index in [0.29, 0.717) is 11.8 Å². The van der Waals surface area contributed by atoms with E-state index in [2.05, 4.69) is 46.0 Å². The summed E-state index contributed by atoms with van der Waals surface area (Å²) < 4.78 is 161. The number of allylic oxidation sites excluding steroid dienone is 1. The predicted molar refractivity (Wildman–Crippen MR) is 197 cm³/mol. The summed E-state index contributed by atoms with van der Waals surface area (Å²) in [6, 6.07) is 8.39. The van der Waals surface area contributed by atoms with Crippen LogP contribution >= 0.6 is 0 Å². The molecule has 0 amide bonds. The molecule has 1 aliphatic carbocycles. The van der Waals surface area contributed by atoms with Gasteiger partial charge in [0.05, 0.1) is 35.5 Å². The number of Topliss-reactive ketones (excluding diaryl/α,β-unsaturated/α-hetero) is 1. The summed E-state index contributed by atoms with van der Waals surface area (Å²) in [6.07, 6.45) is 4.14. The fourth-order valence-corrected chi connectivity index (χ4v) is 6.77. The van der Waals surface area contributed by atoms with E-state index in [9.17, 15) is 34.6 Å². The number of hydrogen-bond donors (Lipinski definition) is 4. The van der Waals surface area contributed by atoms with E-state index in [-0.39, 0.29) is 163 Å². The molecule has 0 heterocycles. The third-order valence-electron chi connectivity index (χ3n) is 6.76. The Morgan fingerprint density at radius 3 is 1.70 bits per heavy atom. The Hall–Kier alpha value is -0.910.